The van der Waals surface area contributed by atoms with Gasteiger partial charge in [0.15, 0.2) is 16.9 Å². The number of cyclic esters (lactones) is 1. The van der Waals surface area contributed by atoms with Crippen LogP contribution in [-0.2, 0) is 27.3 Å². The average Bonchev–Trinajstić information content (AvgIpc) is 3.40. The van der Waals surface area contributed by atoms with E-state index < -0.39 is 17.5 Å². The molecule has 1 aromatic heterocycles. The second-order valence-corrected chi connectivity index (χ2v) is 12.4. The number of carbonyl (C=O) groups is 3. The molecule has 0 radical (unpaired) electrons. The monoisotopic (exact) mass is 603 g/mol. The lowest BCUT2D eigenvalue weighted by molar-refractivity contribution is -0.693. The summed E-state index contributed by atoms with van der Waals surface area (Å²) in [4.78, 5) is 48.6. The van der Waals surface area contributed by atoms with Crippen LogP contribution in [0.2, 0.25) is 0 Å². The van der Waals surface area contributed by atoms with E-state index in [1.54, 1.807) is 13.0 Å². The minimum absolute atomic E-state index is 0. The Morgan fingerprint density at radius 2 is 1.89 bits per heavy atom. The molecule has 10 nitrogen and oxygen atoms in total. The van der Waals surface area contributed by atoms with Crippen LogP contribution in [0.15, 0.2) is 35.6 Å². The molecule has 2 saturated heterocycles. The van der Waals surface area contributed by atoms with Crippen molar-refractivity contribution in [2.24, 2.45) is 5.92 Å². The number of fused-ring (bicyclic) bond motifs is 4. The maximum absolute atomic E-state index is 13.6. The summed E-state index contributed by atoms with van der Waals surface area (Å²) in [6, 6.07) is 4.21. The number of ketones is 1. The summed E-state index contributed by atoms with van der Waals surface area (Å²) in [6.45, 7) is 7.74. The van der Waals surface area contributed by atoms with E-state index in [0.717, 1.165) is 29.3 Å². The van der Waals surface area contributed by atoms with Crippen LogP contribution >= 0.6 is 0 Å². The first-order valence-corrected chi connectivity index (χ1v) is 15.8. The Labute approximate surface area is 258 Å². The Bertz CT molecular complexity index is 1580. The molecular formula is C34H43N4O6+. The molecule has 1 amide bonds. The van der Waals surface area contributed by atoms with Gasteiger partial charge in [0, 0.05) is 35.8 Å². The number of nitrogens with zero attached hydrogens (tertiary/aromatic N) is 4. The van der Waals surface area contributed by atoms with E-state index in [1.807, 2.05) is 34.7 Å². The number of hydrogen-bond donors (Lipinski definition) is 1. The summed E-state index contributed by atoms with van der Waals surface area (Å²) in [5.74, 6) is -0.160. The predicted molar refractivity (Wildman–Crippen MR) is 164 cm³/mol. The molecule has 1 N–H and O–H groups in total. The van der Waals surface area contributed by atoms with Crippen LogP contribution in [0.4, 0.5) is 4.79 Å². The molecule has 4 aliphatic heterocycles. The topological polar surface area (TPSA) is 113 Å². The Kier molecular flexibility index (Phi) is 8.09. The number of amides is 1. The zero-order valence-electron chi connectivity index (χ0n) is 24.9. The number of aromatic nitrogens is 2. The van der Waals surface area contributed by atoms with Crippen LogP contribution in [-0.4, -0.2) is 82.2 Å². The van der Waals surface area contributed by atoms with Crippen molar-refractivity contribution in [1.29, 1.82) is 0 Å². The number of piperidine rings is 2. The fourth-order valence-electron chi connectivity index (χ4n) is 7.60. The second-order valence-electron chi connectivity index (χ2n) is 12.4. The summed E-state index contributed by atoms with van der Waals surface area (Å²) in [6.07, 6.45) is 10.0. The smallest absolute Gasteiger partial charge is 0.415 e. The molecule has 1 aliphatic carbocycles. The van der Waals surface area contributed by atoms with Gasteiger partial charge in [0.1, 0.15) is 25.1 Å². The second kappa shape index (κ2) is 11.7. The number of aliphatic hydroxyl groups is 1. The zero-order valence-corrected chi connectivity index (χ0v) is 24.9. The molecule has 5 aliphatic rings. The first-order valence-electron chi connectivity index (χ1n) is 15.8. The van der Waals surface area contributed by atoms with Gasteiger partial charge < -0.3 is 24.4 Å². The lowest BCUT2D eigenvalue weighted by atomic mass is 9.75. The molecule has 44 heavy (non-hydrogen) atoms. The van der Waals surface area contributed by atoms with Gasteiger partial charge in [-0.05, 0) is 74.8 Å². The van der Waals surface area contributed by atoms with Gasteiger partial charge in [0.25, 0.3) is 0 Å². The molecule has 10 heteroatoms. The highest BCUT2D eigenvalue weighted by Crippen LogP contribution is 2.42. The highest BCUT2D eigenvalue weighted by Gasteiger charge is 2.52. The maximum atomic E-state index is 13.6. The first-order chi connectivity index (χ1) is 20.8. The number of aryl methyl sites for hydroxylation is 1. The van der Waals surface area contributed by atoms with Crippen LogP contribution in [0.5, 0.6) is 5.75 Å². The number of carbonyl (C=O) groups excluding carboxylic acids is 3. The number of rotatable bonds is 4. The van der Waals surface area contributed by atoms with Crippen molar-refractivity contribution >= 4 is 34.3 Å². The predicted octanol–water partition coefficient (Wildman–Crippen LogP) is 3.76. The third-order valence-electron chi connectivity index (χ3n) is 10.1. The number of Topliss-reactive ketones (excluding diaryl/α,β-unsaturated/α-hetero) is 1. The van der Waals surface area contributed by atoms with Gasteiger partial charge in [0.2, 0.25) is 0 Å². The van der Waals surface area contributed by atoms with Crippen molar-refractivity contribution in [2.75, 3.05) is 32.8 Å². The SMILES string of the molecule is C.CCc1c(OC(=O)N2CCC(N3CCCCC3)CC2)ccc2nc3[n+](cc12)CC1C(=O)C2=C(C=C31)[C@@](O)(CC)C(=O)OC2. The Balaban J connectivity index is 0.00000343. The Hall–Kier alpha value is -3.63. The number of esters is 1. The van der Waals surface area contributed by atoms with E-state index in [9.17, 15) is 19.5 Å². The zero-order chi connectivity index (χ0) is 29.9. The van der Waals surface area contributed by atoms with Gasteiger partial charge >= 0.3 is 17.9 Å². The number of ether oxygens (including phenoxy) is 2. The number of benzene rings is 1. The normalized spacial score (nSPS) is 25.6. The summed E-state index contributed by atoms with van der Waals surface area (Å²) >= 11 is 0. The molecule has 0 saturated carbocycles. The fourth-order valence-corrected chi connectivity index (χ4v) is 7.60. The van der Waals surface area contributed by atoms with Gasteiger partial charge in [-0.3, -0.25) is 4.79 Å². The third-order valence-corrected chi connectivity index (χ3v) is 10.1. The average molecular weight is 604 g/mol. The molecule has 0 bridgehead atoms. The van der Waals surface area contributed by atoms with Crippen LogP contribution in [0.25, 0.3) is 16.5 Å². The minimum Gasteiger partial charge on any atom is -0.458 e. The minimum atomic E-state index is -1.84. The third kappa shape index (κ3) is 4.83. The van der Waals surface area contributed by atoms with Crippen LogP contribution in [0, 0.1) is 5.92 Å². The van der Waals surface area contributed by atoms with Gasteiger partial charge in [-0.2, -0.15) is 0 Å². The molecule has 2 atom stereocenters. The molecule has 1 aromatic carbocycles. The largest absolute Gasteiger partial charge is 0.458 e. The van der Waals surface area contributed by atoms with Crippen molar-refractivity contribution < 1.29 is 33.5 Å². The quantitative estimate of drug-likeness (QED) is 0.415. The van der Waals surface area contributed by atoms with Gasteiger partial charge in [-0.15, -0.1) is 0 Å². The molecule has 2 aromatic rings. The molecule has 2 fully saturated rings. The molecule has 7 rings (SSSR count). The van der Waals surface area contributed by atoms with Crippen molar-refractivity contribution in [3.8, 4) is 5.75 Å². The molecule has 234 valence electrons. The van der Waals surface area contributed by atoms with Crippen LogP contribution in [0.3, 0.4) is 0 Å². The van der Waals surface area contributed by atoms with E-state index in [1.165, 1.54) is 32.4 Å². The standard InChI is InChI=1S/C33H39N4O6.CH4/c1-3-21-23-17-37-18-24-22(16-26-25(29(24)38)19-42-31(39)33(26,41)4-2)30(37)34-27(23)8-9-28(21)43-32(40)36-14-10-20(11-15-36)35-12-6-5-7-13-35;/h8-9,16-17,20,24,41H,3-7,10-15,18-19H2,1-2H3;1H4/q+1;/t24?,33-;/m0./s1. The summed E-state index contributed by atoms with van der Waals surface area (Å²) in [5.41, 5.74) is 1.17. The highest BCUT2D eigenvalue weighted by molar-refractivity contribution is 6.10. The maximum Gasteiger partial charge on any atom is 0.415 e. The van der Waals surface area contributed by atoms with E-state index in [0.29, 0.717) is 60.4 Å². The molecule has 0 spiro atoms. The lowest BCUT2D eigenvalue weighted by Crippen LogP contribution is -2.48. The molecule has 5 heterocycles. The van der Waals surface area contributed by atoms with Crippen molar-refractivity contribution in [3.05, 3.63) is 46.9 Å². The number of likely N-dealkylation sites (tertiary alicyclic amines) is 2. The Morgan fingerprint density at radius 1 is 1.14 bits per heavy atom. The van der Waals surface area contributed by atoms with E-state index in [4.69, 9.17) is 14.5 Å². The van der Waals surface area contributed by atoms with Gasteiger partial charge in [-0.1, -0.05) is 27.7 Å². The number of hydrogen-bond acceptors (Lipinski definition) is 8. The fraction of sp³-hybridized carbons (Fsp3) is 0.559. The highest BCUT2D eigenvalue weighted by atomic mass is 16.6. The molecule has 1 unspecified atom stereocenters. The van der Waals surface area contributed by atoms with Gasteiger partial charge in [-0.25, -0.2) is 14.2 Å². The van der Waals surface area contributed by atoms with Gasteiger partial charge in [0.05, 0.1) is 16.9 Å². The van der Waals surface area contributed by atoms with Crippen molar-refractivity contribution in [3.63, 3.8) is 0 Å². The number of allylic oxidation sites excluding steroid dienone is 1. The summed E-state index contributed by atoms with van der Waals surface area (Å²) in [7, 11) is 0. The van der Waals surface area contributed by atoms with Crippen molar-refractivity contribution in [2.45, 2.75) is 84.4 Å². The van der Waals surface area contributed by atoms with Crippen molar-refractivity contribution in [1.82, 2.24) is 14.8 Å². The van der Waals surface area contributed by atoms with E-state index in [-0.39, 0.29) is 32.3 Å². The first kappa shape index (κ1) is 30.4. The van der Waals surface area contributed by atoms with Crippen LogP contribution < -0.4 is 9.30 Å². The van der Waals surface area contributed by atoms with Crippen LogP contribution in [0.1, 0.15) is 71.2 Å². The summed E-state index contributed by atoms with van der Waals surface area (Å²) in [5, 5.41) is 12.0. The lowest BCUT2D eigenvalue weighted by Gasteiger charge is -2.39. The van der Waals surface area contributed by atoms with E-state index in [2.05, 4.69) is 4.90 Å². The Morgan fingerprint density at radius 3 is 2.59 bits per heavy atom. The summed E-state index contributed by atoms with van der Waals surface area (Å²) < 4.78 is 13.2. The van der Waals surface area contributed by atoms with E-state index >= 15 is 0 Å². The molecular weight excluding hydrogens is 560 g/mol.